The summed E-state index contributed by atoms with van der Waals surface area (Å²) in [6.45, 7) is 1.99. The van der Waals surface area contributed by atoms with Gasteiger partial charge in [0.1, 0.15) is 0 Å². The van der Waals surface area contributed by atoms with E-state index in [1.54, 1.807) is 7.05 Å². The first-order chi connectivity index (χ1) is 8.01. The zero-order chi connectivity index (χ0) is 12.9. The Balaban J connectivity index is 2.54. The second-order valence-electron chi connectivity index (χ2n) is 4.82. The van der Waals surface area contributed by atoms with E-state index in [0.29, 0.717) is 0 Å². The van der Waals surface area contributed by atoms with E-state index in [-0.39, 0.29) is 17.7 Å². The Hall–Kier alpha value is -0.600. The van der Waals surface area contributed by atoms with Crippen LogP contribution < -0.4 is 0 Å². The molecule has 0 amide bonds. The molecule has 0 heterocycles. The molecule has 0 aromatic rings. The van der Waals surface area contributed by atoms with Gasteiger partial charge in [-0.1, -0.05) is 13.3 Å². The number of rotatable bonds is 5. The lowest BCUT2D eigenvalue weighted by molar-refractivity contribution is 0.261. The molecule has 0 atom stereocenters. The molecule has 1 fully saturated rings. The number of hydrogen-bond acceptors (Lipinski definition) is 3. The molecule has 0 aliphatic heterocycles. The summed E-state index contributed by atoms with van der Waals surface area (Å²) in [6, 6.07) is 2.37. The van der Waals surface area contributed by atoms with Gasteiger partial charge in [-0.05, 0) is 32.1 Å². The van der Waals surface area contributed by atoms with E-state index in [4.69, 9.17) is 5.26 Å². The van der Waals surface area contributed by atoms with Crippen LogP contribution in [0.5, 0.6) is 0 Å². The van der Waals surface area contributed by atoms with Crippen molar-refractivity contribution in [3.63, 3.8) is 0 Å². The number of hydrogen-bond donors (Lipinski definition) is 0. The number of unbranched alkanes of at least 4 members (excludes halogenated alkanes) is 1. The molecule has 98 valence electrons. The van der Waals surface area contributed by atoms with Gasteiger partial charge in [-0.15, -0.1) is 0 Å². The summed E-state index contributed by atoms with van der Waals surface area (Å²) >= 11 is 0. The fourth-order valence-corrected chi connectivity index (χ4v) is 3.87. The van der Waals surface area contributed by atoms with E-state index in [9.17, 15) is 8.42 Å². The highest BCUT2D eigenvalue weighted by molar-refractivity contribution is 7.89. The molecule has 17 heavy (non-hydrogen) atoms. The summed E-state index contributed by atoms with van der Waals surface area (Å²) in [7, 11) is -1.41. The van der Waals surface area contributed by atoms with Crippen LogP contribution in [-0.2, 0) is 10.0 Å². The third kappa shape index (κ3) is 3.97. The third-order valence-electron chi connectivity index (χ3n) is 3.59. The molecule has 0 radical (unpaired) electrons. The minimum atomic E-state index is -3.10. The molecular weight excluding hydrogens is 236 g/mol. The average Bonchev–Trinajstić information content (AvgIpc) is 2.35. The summed E-state index contributed by atoms with van der Waals surface area (Å²) in [6.07, 6.45) is 4.91. The van der Waals surface area contributed by atoms with Crippen molar-refractivity contribution < 1.29 is 8.42 Å². The van der Waals surface area contributed by atoms with Crippen LogP contribution in [-0.4, -0.2) is 31.6 Å². The standard InChI is InChI=1S/C12H22N2O2S/c1-3-4-9-17(15,16)14(2)12-7-5-11(10-13)6-8-12/h11-12H,3-9H2,1-2H3. The molecule has 0 aromatic carbocycles. The number of nitrogens with zero attached hydrogens (tertiary/aromatic N) is 2. The van der Waals surface area contributed by atoms with Crippen LogP contribution in [0.1, 0.15) is 45.4 Å². The van der Waals surface area contributed by atoms with E-state index in [1.807, 2.05) is 6.92 Å². The molecule has 0 bridgehead atoms. The highest BCUT2D eigenvalue weighted by Gasteiger charge is 2.29. The molecule has 5 heteroatoms. The molecule has 0 unspecified atom stereocenters. The topological polar surface area (TPSA) is 61.2 Å². The van der Waals surface area contributed by atoms with Crippen molar-refractivity contribution in [2.75, 3.05) is 12.8 Å². The lowest BCUT2D eigenvalue weighted by Crippen LogP contribution is -2.40. The molecule has 0 spiro atoms. The van der Waals surface area contributed by atoms with Crippen LogP contribution in [0.15, 0.2) is 0 Å². The van der Waals surface area contributed by atoms with Crippen LogP contribution in [0.4, 0.5) is 0 Å². The van der Waals surface area contributed by atoms with Crippen molar-refractivity contribution in [2.45, 2.75) is 51.5 Å². The average molecular weight is 258 g/mol. The second-order valence-corrected chi connectivity index (χ2v) is 6.97. The van der Waals surface area contributed by atoms with E-state index in [1.165, 1.54) is 4.31 Å². The van der Waals surface area contributed by atoms with Gasteiger partial charge in [0.2, 0.25) is 10.0 Å². The smallest absolute Gasteiger partial charge is 0.212 e. The van der Waals surface area contributed by atoms with Gasteiger partial charge in [-0.25, -0.2) is 12.7 Å². The molecule has 1 rings (SSSR count). The van der Waals surface area contributed by atoms with Crippen LogP contribution in [0.25, 0.3) is 0 Å². The van der Waals surface area contributed by atoms with Gasteiger partial charge in [0.25, 0.3) is 0 Å². The Morgan fingerprint density at radius 3 is 2.35 bits per heavy atom. The van der Waals surface area contributed by atoms with Gasteiger partial charge in [0, 0.05) is 19.0 Å². The maximum absolute atomic E-state index is 12.0. The van der Waals surface area contributed by atoms with Crippen molar-refractivity contribution in [3.05, 3.63) is 0 Å². The van der Waals surface area contributed by atoms with E-state index >= 15 is 0 Å². The Bertz CT molecular complexity index is 364. The summed E-state index contributed by atoms with van der Waals surface area (Å²) < 4.78 is 25.5. The van der Waals surface area contributed by atoms with Crippen molar-refractivity contribution >= 4 is 10.0 Å². The van der Waals surface area contributed by atoms with Crippen LogP contribution in [0.3, 0.4) is 0 Å². The zero-order valence-electron chi connectivity index (χ0n) is 10.7. The predicted octanol–water partition coefficient (Wildman–Crippen LogP) is 2.13. The fourth-order valence-electron chi connectivity index (χ4n) is 2.27. The molecule has 1 aliphatic carbocycles. The van der Waals surface area contributed by atoms with Crippen molar-refractivity contribution in [2.24, 2.45) is 5.92 Å². The lowest BCUT2D eigenvalue weighted by Gasteiger charge is -2.32. The van der Waals surface area contributed by atoms with E-state index in [2.05, 4.69) is 6.07 Å². The highest BCUT2D eigenvalue weighted by Crippen LogP contribution is 2.27. The van der Waals surface area contributed by atoms with E-state index < -0.39 is 10.0 Å². The Morgan fingerprint density at radius 2 is 1.88 bits per heavy atom. The predicted molar refractivity (Wildman–Crippen MR) is 67.8 cm³/mol. The Kier molecular flexibility index (Phi) is 5.41. The maximum Gasteiger partial charge on any atom is 0.214 e. The first-order valence-corrected chi connectivity index (χ1v) is 7.97. The first kappa shape index (κ1) is 14.5. The second kappa shape index (κ2) is 6.36. The summed E-state index contributed by atoms with van der Waals surface area (Å²) in [5.74, 6) is 0.371. The summed E-state index contributed by atoms with van der Waals surface area (Å²) in [5.41, 5.74) is 0. The minimum absolute atomic E-state index is 0.0986. The summed E-state index contributed by atoms with van der Waals surface area (Å²) in [5, 5.41) is 8.81. The lowest BCUT2D eigenvalue weighted by atomic mass is 9.87. The van der Waals surface area contributed by atoms with Gasteiger partial charge in [-0.2, -0.15) is 5.26 Å². The molecule has 1 saturated carbocycles. The molecule has 0 aromatic heterocycles. The van der Waals surface area contributed by atoms with Crippen LogP contribution in [0, 0.1) is 17.2 Å². The van der Waals surface area contributed by atoms with Crippen molar-refractivity contribution in [1.82, 2.24) is 4.31 Å². The molecule has 4 nitrogen and oxygen atoms in total. The minimum Gasteiger partial charge on any atom is -0.212 e. The molecule has 1 aliphatic rings. The Morgan fingerprint density at radius 1 is 1.29 bits per heavy atom. The molecular formula is C12H22N2O2S. The third-order valence-corrected chi connectivity index (χ3v) is 5.57. The van der Waals surface area contributed by atoms with E-state index in [0.717, 1.165) is 38.5 Å². The van der Waals surface area contributed by atoms with Gasteiger partial charge in [-0.3, -0.25) is 0 Å². The number of sulfonamides is 1. The van der Waals surface area contributed by atoms with Crippen LogP contribution >= 0.6 is 0 Å². The maximum atomic E-state index is 12.0. The molecule has 0 saturated heterocycles. The zero-order valence-corrected chi connectivity index (χ0v) is 11.5. The SMILES string of the molecule is CCCCS(=O)(=O)N(C)C1CCC(C#N)CC1. The molecule has 0 N–H and O–H groups in total. The first-order valence-electron chi connectivity index (χ1n) is 6.36. The fraction of sp³-hybridized carbons (Fsp3) is 0.917. The van der Waals surface area contributed by atoms with Gasteiger partial charge in [0.15, 0.2) is 0 Å². The van der Waals surface area contributed by atoms with Gasteiger partial charge >= 0.3 is 0 Å². The van der Waals surface area contributed by atoms with Gasteiger partial charge in [0.05, 0.1) is 11.8 Å². The van der Waals surface area contributed by atoms with Crippen LogP contribution in [0.2, 0.25) is 0 Å². The largest absolute Gasteiger partial charge is 0.214 e. The van der Waals surface area contributed by atoms with Gasteiger partial charge < -0.3 is 0 Å². The highest BCUT2D eigenvalue weighted by atomic mass is 32.2. The normalized spacial score (nSPS) is 25.8. The Labute approximate surface area is 105 Å². The number of nitriles is 1. The van der Waals surface area contributed by atoms with Crippen molar-refractivity contribution in [1.29, 1.82) is 5.26 Å². The monoisotopic (exact) mass is 258 g/mol. The summed E-state index contributed by atoms with van der Waals surface area (Å²) in [4.78, 5) is 0. The quantitative estimate of drug-likeness (QED) is 0.759. The van der Waals surface area contributed by atoms with Crippen molar-refractivity contribution in [3.8, 4) is 6.07 Å².